The summed E-state index contributed by atoms with van der Waals surface area (Å²) < 4.78 is 6.21. The minimum atomic E-state index is -1.15. The number of likely N-dealkylation sites (N-methyl/N-ethyl adjacent to an activating group) is 1. The number of nitrogens with zero attached hydrogens (tertiary/aromatic N) is 1. The van der Waals surface area contributed by atoms with Gasteiger partial charge in [-0.15, -0.1) is 0 Å². The van der Waals surface area contributed by atoms with Crippen molar-refractivity contribution < 1.29 is 36.6 Å². The number of quaternary nitrogens is 1. The lowest BCUT2D eigenvalue weighted by Crippen LogP contribution is -3.00. The van der Waals surface area contributed by atoms with Crippen molar-refractivity contribution in [1.82, 2.24) is 0 Å². The zero-order chi connectivity index (χ0) is 13.1. The largest absolute Gasteiger partial charge is 1.00 e. The predicted molar refractivity (Wildman–Crippen MR) is 63.5 cm³/mol. The third-order valence-electron chi connectivity index (χ3n) is 2.23. The number of ether oxygens (including phenoxy) is 1. The van der Waals surface area contributed by atoms with Gasteiger partial charge in [0.1, 0.15) is 30.2 Å². The summed E-state index contributed by atoms with van der Waals surface area (Å²) >= 11 is 0. The van der Waals surface area contributed by atoms with E-state index in [4.69, 9.17) is 9.84 Å². The molecule has 0 radical (unpaired) electrons. The van der Waals surface area contributed by atoms with Gasteiger partial charge in [-0.1, -0.05) is 0 Å². The maximum Gasteiger partial charge on any atom is 0.339 e. The van der Waals surface area contributed by atoms with Crippen LogP contribution in [0.4, 0.5) is 0 Å². The van der Waals surface area contributed by atoms with Crippen LogP contribution in [0, 0.1) is 0 Å². The number of benzene rings is 1. The zero-order valence-electron chi connectivity index (χ0n) is 10.7. The average Bonchev–Trinajstić information content (AvgIpc) is 2.15. The highest BCUT2D eigenvalue weighted by molar-refractivity contribution is 5.90. The Morgan fingerprint density at radius 1 is 1.33 bits per heavy atom. The summed E-state index contributed by atoms with van der Waals surface area (Å²) in [6.07, 6.45) is 0. The number of hydrogen-bond donors (Lipinski definition) is 2. The lowest BCUT2D eigenvalue weighted by atomic mass is 10.2. The Morgan fingerprint density at radius 3 is 2.39 bits per heavy atom. The van der Waals surface area contributed by atoms with Crippen molar-refractivity contribution >= 4 is 5.97 Å². The maximum atomic E-state index is 10.7. The summed E-state index contributed by atoms with van der Waals surface area (Å²) in [4.78, 5) is 10.7. The van der Waals surface area contributed by atoms with Gasteiger partial charge in [0.2, 0.25) is 0 Å². The third-order valence-corrected chi connectivity index (χ3v) is 2.23. The van der Waals surface area contributed by atoms with Crippen LogP contribution in [0.1, 0.15) is 10.4 Å². The molecule has 18 heavy (non-hydrogen) atoms. The molecular formula is C12H18ClNO4. The smallest absolute Gasteiger partial charge is 0.339 e. The first-order valence-electron chi connectivity index (χ1n) is 5.29. The van der Waals surface area contributed by atoms with Gasteiger partial charge in [0.25, 0.3) is 0 Å². The molecule has 0 aliphatic carbocycles. The molecule has 1 aromatic rings. The molecule has 1 rings (SSSR count). The van der Waals surface area contributed by atoms with Crippen LogP contribution in [-0.4, -0.2) is 55.0 Å². The van der Waals surface area contributed by atoms with E-state index < -0.39 is 5.97 Å². The fourth-order valence-electron chi connectivity index (χ4n) is 1.22. The van der Waals surface area contributed by atoms with Crippen molar-refractivity contribution in [2.24, 2.45) is 0 Å². The fourth-order valence-corrected chi connectivity index (χ4v) is 1.22. The van der Waals surface area contributed by atoms with Gasteiger partial charge in [0.05, 0.1) is 21.1 Å². The number of carbonyl (C=O) groups is 1. The van der Waals surface area contributed by atoms with E-state index in [2.05, 4.69) is 0 Å². The Kier molecular flexibility index (Phi) is 5.94. The molecule has 0 unspecified atom stereocenters. The van der Waals surface area contributed by atoms with E-state index in [1.807, 2.05) is 21.1 Å². The number of aromatic carboxylic acids is 1. The Labute approximate surface area is 113 Å². The van der Waals surface area contributed by atoms with Crippen LogP contribution in [0.15, 0.2) is 18.2 Å². The van der Waals surface area contributed by atoms with Gasteiger partial charge in [-0.05, 0) is 12.1 Å². The minimum absolute atomic E-state index is 0. The van der Waals surface area contributed by atoms with Gasteiger partial charge in [-0.2, -0.15) is 0 Å². The second-order valence-electron chi connectivity index (χ2n) is 4.85. The minimum Gasteiger partial charge on any atom is -1.00 e. The normalized spacial score (nSPS) is 10.6. The molecule has 0 aliphatic heterocycles. The summed E-state index contributed by atoms with van der Waals surface area (Å²) in [5, 5.41) is 18.2. The van der Waals surface area contributed by atoms with E-state index >= 15 is 0 Å². The molecule has 0 saturated carbocycles. The van der Waals surface area contributed by atoms with E-state index in [1.165, 1.54) is 12.1 Å². The van der Waals surface area contributed by atoms with Crippen LogP contribution < -0.4 is 17.1 Å². The number of aromatic hydroxyl groups is 1. The van der Waals surface area contributed by atoms with Gasteiger partial charge in [0, 0.05) is 6.07 Å². The van der Waals surface area contributed by atoms with Crippen molar-refractivity contribution in [2.45, 2.75) is 0 Å². The second-order valence-corrected chi connectivity index (χ2v) is 4.85. The first-order chi connectivity index (χ1) is 7.79. The van der Waals surface area contributed by atoms with Crippen molar-refractivity contribution in [1.29, 1.82) is 0 Å². The molecule has 6 heteroatoms. The van der Waals surface area contributed by atoms with E-state index in [0.29, 0.717) is 12.4 Å². The first kappa shape index (κ1) is 16.5. The zero-order valence-corrected chi connectivity index (χ0v) is 11.4. The van der Waals surface area contributed by atoms with Crippen molar-refractivity contribution in [3.05, 3.63) is 23.8 Å². The number of rotatable bonds is 5. The molecule has 0 heterocycles. The van der Waals surface area contributed by atoms with Crippen molar-refractivity contribution in [2.75, 3.05) is 34.3 Å². The standard InChI is InChI=1S/C12H17NO4.ClH/c1-13(2,3)6-7-17-9-4-5-10(12(15)16)11(14)8-9;/h4-5,8H,6-7H2,1-3H3,(H-,14,15,16);1H. The Morgan fingerprint density at radius 2 is 1.94 bits per heavy atom. The summed E-state index contributed by atoms with van der Waals surface area (Å²) in [6, 6.07) is 4.19. The molecule has 102 valence electrons. The number of halogens is 1. The molecular weight excluding hydrogens is 258 g/mol. The Hall–Kier alpha value is -1.46. The van der Waals surface area contributed by atoms with Gasteiger partial charge in [-0.25, -0.2) is 4.79 Å². The van der Waals surface area contributed by atoms with Gasteiger partial charge < -0.3 is 31.8 Å². The maximum absolute atomic E-state index is 10.7. The lowest BCUT2D eigenvalue weighted by Gasteiger charge is -2.23. The average molecular weight is 276 g/mol. The van der Waals surface area contributed by atoms with E-state index in [9.17, 15) is 9.90 Å². The van der Waals surface area contributed by atoms with E-state index in [1.54, 1.807) is 6.07 Å². The molecule has 2 N–H and O–H groups in total. The van der Waals surface area contributed by atoms with Crippen molar-refractivity contribution in [3.8, 4) is 11.5 Å². The Bertz CT molecular complexity index is 415. The van der Waals surface area contributed by atoms with Crippen LogP contribution in [0.5, 0.6) is 11.5 Å². The molecule has 0 amide bonds. The van der Waals surface area contributed by atoms with Gasteiger partial charge >= 0.3 is 5.97 Å². The summed E-state index contributed by atoms with van der Waals surface area (Å²) in [5.74, 6) is -0.957. The summed E-state index contributed by atoms with van der Waals surface area (Å²) in [5.41, 5.74) is -0.121. The SMILES string of the molecule is C[N+](C)(C)CCOc1ccc(C(=O)O)c(O)c1.[Cl-]. The highest BCUT2D eigenvalue weighted by Crippen LogP contribution is 2.23. The van der Waals surface area contributed by atoms with Crippen LogP contribution in [0.2, 0.25) is 0 Å². The fraction of sp³-hybridized carbons (Fsp3) is 0.417. The second kappa shape index (κ2) is 6.47. The summed E-state index contributed by atoms with van der Waals surface area (Å²) in [6.45, 7) is 1.33. The van der Waals surface area contributed by atoms with E-state index in [0.717, 1.165) is 11.0 Å². The lowest BCUT2D eigenvalue weighted by molar-refractivity contribution is -0.870. The molecule has 5 nitrogen and oxygen atoms in total. The van der Waals surface area contributed by atoms with Crippen molar-refractivity contribution in [3.63, 3.8) is 0 Å². The predicted octanol–water partition coefficient (Wildman–Crippen LogP) is -1.82. The highest BCUT2D eigenvalue weighted by Gasteiger charge is 2.11. The quantitative estimate of drug-likeness (QED) is 0.621. The van der Waals surface area contributed by atoms with E-state index in [-0.39, 0.29) is 23.7 Å². The van der Waals surface area contributed by atoms with Crippen LogP contribution >= 0.6 is 0 Å². The number of hydrogen-bond acceptors (Lipinski definition) is 3. The molecule has 0 spiro atoms. The monoisotopic (exact) mass is 275 g/mol. The van der Waals surface area contributed by atoms with Gasteiger partial charge in [0.15, 0.2) is 0 Å². The molecule has 0 aliphatic rings. The van der Waals surface area contributed by atoms with Crippen LogP contribution in [0.25, 0.3) is 0 Å². The number of phenols is 1. The molecule has 0 saturated heterocycles. The molecule has 0 atom stereocenters. The topological polar surface area (TPSA) is 66.8 Å². The highest BCUT2D eigenvalue weighted by atomic mass is 35.5. The molecule has 0 bridgehead atoms. The number of carboxylic acids is 1. The molecule has 0 aromatic heterocycles. The summed E-state index contributed by atoms with van der Waals surface area (Å²) in [7, 11) is 6.15. The first-order valence-corrected chi connectivity index (χ1v) is 5.29. The number of carboxylic acid groups (broad SMARTS) is 1. The van der Waals surface area contributed by atoms with Crippen LogP contribution in [-0.2, 0) is 0 Å². The third kappa shape index (κ3) is 5.25. The van der Waals surface area contributed by atoms with Gasteiger partial charge in [-0.3, -0.25) is 0 Å². The van der Waals surface area contributed by atoms with Crippen LogP contribution in [0.3, 0.4) is 0 Å². The Balaban J connectivity index is 0.00000289. The molecule has 0 fully saturated rings. The molecule has 1 aromatic carbocycles.